The molecule has 6 nitrogen and oxygen atoms in total. The summed E-state index contributed by atoms with van der Waals surface area (Å²) in [4.78, 5) is 19.4. The first-order valence-electron chi connectivity index (χ1n) is 10.7. The number of nitrogens with zero attached hydrogens (tertiary/aromatic N) is 4. The van der Waals surface area contributed by atoms with E-state index >= 15 is 0 Å². The fraction of sp³-hybridized carbons (Fsp3) is 0.417. The zero-order chi connectivity index (χ0) is 20.7. The number of benzene rings is 2. The number of hydrogen-bond acceptors (Lipinski definition) is 5. The SMILES string of the molecule is CN1CCN(c2ccc(-c3ccc4c(c3)NC(=O)C3(CCN(C#N)C3)C4)cc2)CC1. The molecule has 2 saturated heterocycles. The molecule has 1 N–H and O–H groups in total. The molecule has 1 amide bonds. The Morgan fingerprint density at radius 1 is 1.00 bits per heavy atom. The molecule has 2 fully saturated rings. The number of carbonyl (C=O) groups is 1. The predicted octanol–water partition coefficient (Wildman–Crippen LogP) is 2.77. The van der Waals surface area contributed by atoms with Gasteiger partial charge in [-0.25, -0.2) is 0 Å². The minimum atomic E-state index is -0.464. The molecular formula is C24H27N5O. The monoisotopic (exact) mass is 401 g/mol. The molecule has 1 spiro atoms. The highest BCUT2D eigenvalue weighted by Gasteiger charge is 2.47. The molecule has 6 heteroatoms. The van der Waals surface area contributed by atoms with Crippen molar-refractivity contribution in [3.8, 4) is 17.3 Å². The molecule has 2 aromatic rings. The van der Waals surface area contributed by atoms with E-state index in [4.69, 9.17) is 0 Å². The lowest BCUT2D eigenvalue weighted by Gasteiger charge is -2.34. The van der Waals surface area contributed by atoms with E-state index in [1.54, 1.807) is 4.90 Å². The van der Waals surface area contributed by atoms with Crippen LogP contribution >= 0.6 is 0 Å². The van der Waals surface area contributed by atoms with Gasteiger partial charge in [0.05, 0.1) is 5.41 Å². The van der Waals surface area contributed by atoms with Crippen LogP contribution < -0.4 is 10.2 Å². The second-order valence-corrected chi connectivity index (χ2v) is 8.89. The van der Waals surface area contributed by atoms with Gasteiger partial charge in [0.25, 0.3) is 0 Å². The summed E-state index contributed by atoms with van der Waals surface area (Å²) >= 11 is 0. The number of likely N-dealkylation sites (tertiary alicyclic amines) is 1. The lowest BCUT2D eigenvalue weighted by molar-refractivity contribution is -0.125. The Morgan fingerprint density at radius 3 is 2.43 bits per heavy atom. The summed E-state index contributed by atoms with van der Waals surface area (Å²) in [6.45, 7) is 5.50. The van der Waals surface area contributed by atoms with Crippen LogP contribution in [0.4, 0.5) is 11.4 Å². The summed E-state index contributed by atoms with van der Waals surface area (Å²) < 4.78 is 0. The van der Waals surface area contributed by atoms with Crippen LogP contribution in [0.3, 0.4) is 0 Å². The van der Waals surface area contributed by atoms with Crippen LogP contribution in [-0.2, 0) is 11.2 Å². The molecule has 1 atom stereocenters. The van der Waals surface area contributed by atoms with Crippen LogP contribution in [0, 0.1) is 16.9 Å². The maximum absolute atomic E-state index is 12.9. The smallest absolute Gasteiger partial charge is 0.232 e. The van der Waals surface area contributed by atoms with Gasteiger partial charge in [-0.05, 0) is 54.8 Å². The molecule has 0 bridgehead atoms. The summed E-state index contributed by atoms with van der Waals surface area (Å²) in [6, 6.07) is 15.1. The number of rotatable bonds is 2. The Morgan fingerprint density at radius 2 is 1.73 bits per heavy atom. The van der Waals surface area contributed by atoms with Gasteiger partial charge in [-0.1, -0.05) is 24.3 Å². The van der Waals surface area contributed by atoms with Crippen molar-refractivity contribution in [2.75, 3.05) is 56.5 Å². The molecule has 3 heterocycles. The van der Waals surface area contributed by atoms with E-state index < -0.39 is 5.41 Å². The predicted molar refractivity (Wildman–Crippen MR) is 118 cm³/mol. The number of fused-ring (bicyclic) bond motifs is 1. The Labute approximate surface area is 177 Å². The van der Waals surface area contributed by atoms with Crippen molar-refractivity contribution >= 4 is 17.3 Å². The molecule has 0 aromatic heterocycles. The molecule has 30 heavy (non-hydrogen) atoms. The van der Waals surface area contributed by atoms with Crippen molar-refractivity contribution in [1.82, 2.24) is 9.80 Å². The van der Waals surface area contributed by atoms with E-state index in [1.165, 1.54) is 5.69 Å². The van der Waals surface area contributed by atoms with Gasteiger partial charge in [-0.15, -0.1) is 0 Å². The van der Waals surface area contributed by atoms with Crippen molar-refractivity contribution in [2.45, 2.75) is 12.8 Å². The third-order valence-electron chi connectivity index (χ3n) is 6.93. The van der Waals surface area contributed by atoms with E-state index in [-0.39, 0.29) is 5.91 Å². The van der Waals surface area contributed by atoms with Crippen molar-refractivity contribution in [2.24, 2.45) is 5.41 Å². The maximum Gasteiger partial charge on any atom is 0.232 e. The fourth-order valence-electron chi connectivity index (χ4n) is 4.94. The highest BCUT2D eigenvalue weighted by atomic mass is 16.2. The van der Waals surface area contributed by atoms with Gasteiger partial charge < -0.3 is 20.0 Å². The van der Waals surface area contributed by atoms with Gasteiger partial charge >= 0.3 is 0 Å². The van der Waals surface area contributed by atoms with Gasteiger partial charge in [-0.2, -0.15) is 5.26 Å². The zero-order valence-corrected chi connectivity index (χ0v) is 17.4. The number of piperazine rings is 1. The molecule has 3 aliphatic rings. The maximum atomic E-state index is 12.9. The number of carbonyl (C=O) groups excluding carboxylic acids is 1. The lowest BCUT2D eigenvalue weighted by atomic mass is 9.76. The zero-order valence-electron chi connectivity index (χ0n) is 17.4. The van der Waals surface area contributed by atoms with E-state index in [0.717, 1.165) is 55.0 Å². The molecule has 0 radical (unpaired) electrons. The van der Waals surface area contributed by atoms with Gasteiger partial charge in [0.15, 0.2) is 6.19 Å². The van der Waals surface area contributed by atoms with E-state index in [0.29, 0.717) is 19.5 Å². The summed E-state index contributed by atoms with van der Waals surface area (Å²) in [5.41, 5.74) is 5.13. The Bertz CT molecular complexity index is 1000. The number of nitrogens with one attached hydrogen (secondary N) is 1. The molecule has 1 unspecified atom stereocenters. The average molecular weight is 402 g/mol. The molecule has 0 saturated carbocycles. The number of nitriles is 1. The molecule has 2 aromatic carbocycles. The van der Waals surface area contributed by atoms with Crippen LogP contribution in [-0.4, -0.2) is 62.0 Å². The first kappa shape index (κ1) is 19.0. The average Bonchev–Trinajstić information content (AvgIpc) is 3.19. The van der Waals surface area contributed by atoms with Crippen molar-refractivity contribution in [3.05, 3.63) is 48.0 Å². The quantitative estimate of drug-likeness (QED) is 0.784. The first-order chi connectivity index (χ1) is 14.6. The van der Waals surface area contributed by atoms with Crippen molar-refractivity contribution in [3.63, 3.8) is 0 Å². The van der Waals surface area contributed by atoms with Gasteiger partial charge in [-0.3, -0.25) is 4.79 Å². The third kappa shape index (κ3) is 3.29. The summed E-state index contributed by atoms with van der Waals surface area (Å²) in [7, 11) is 2.17. The van der Waals surface area contributed by atoms with Crippen LogP contribution in [0.5, 0.6) is 0 Å². The van der Waals surface area contributed by atoms with Crippen molar-refractivity contribution < 1.29 is 4.79 Å². The van der Waals surface area contributed by atoms with E-state index in [2.05, 4.69) is 70.8 Å². The second-order valence-electron chi connectivity index (χ2n) is 8.89. The summed E-state index contributed by atoms with van der Waals surface area (Å²) in [6.07, 6.45) is 3.63. The Hall–Kier alpha value is -3.04. The van der Waals surface area contributed by atoms with Crippen LogP contribution in [0.1, 0.15) is 12.0 Å². The second kappa shape index (κ2) is 7.33. The topological polar surface area (TPSA) is 62.6 Å². The lowest BCUT2D eigenvalue weighted by Crippen LogP contribution is -2.44. The third-order valence-corrected chi connectivity index (χ3v) is 6.93. The van der Waals surface area contributed by atoms with Crippen molar-refractivity contribution in [1.29, 1.82) is 5.26 Å². The van der Waals surface area contributed by atoms with E-state index in [1.807, 2.05) is 0 Å². The summed E-state index contributed by atoms with van der Waals surface area (Å²) in [5, 5.41) is 12.3. The largest absolute Gasteiger partial charge is 0.369 e. The molecule has 5 rings (SSSR count). The minimum Gasteiger partial charge on any atom is -0.369 e. The highest BCUT2D eigenvalue weighted by Crippen LogP contribution is 2.41. The van der Waals surface area contributed by atoms with Gasteiger partial charge in [0.1, 0.15) is 0 Å². The van der Waals surface area contributed by atoms with E-state index in [9.17, 15) is 10.1 Å². The summed E-state index contributed by atoms with van der Waals surface area (Å²) in [5.74, 6) is 0.0512. The highest BCUT2D eigenvalue weighted by molar-refractivity contribution is 5.99. The number of anilines is 2. The number of hydrogen-bond donors (Lipinski definition) is 1. The van der Waals surface area contributed by atoms with Crippen LogP contribution in [0.25, 0.3) is 11.1 Å². The van der Waals surface area contributed by atoms with Gasteiger partial charge in [0.2, 0.25) is 5.91 Å². The number of amides is 1. The fourth-order valence-corrected chi connectivity index (χ4v) is 4.94. The number of likely N-dealkylation sites (N-methyl/N-ethyl adjacent to an activating group) is 1. The molecule has 154 valence electrons. The molecule has 3 aliphatic heterocycles. The Balaban J connectivity index is 1.35. The molecular weight excluding hydrogens is 374 g/mol. The first-order valence-corrected chi connectivity index (χ1v) is 10.7. The standard InChI is InChI=1S/C24H27N5O/c1-27-10-12-29(13-11-27)21-6-4-18(5-7-21)19-2-3-20-15-24(8-9-28(16-24)17-25)23(30)26-22(20)14-19/h2-7,14H,8-13,15-16H2,1H3,(H,26,30). The molecule has 0 aliphatic carbocycles. The Kier molecular flexibility index (Phi) is 4.63. The van der Waals surface area contributed by atoms with Gasteiger partial charge in [0, 0.05) is 50.6 Å². The minimum absolute atomic E-state index is 0.0512. The van der Waals surface area contributed by atoms with Crippen LogP contribution in [0.2, 0.25) is 0 Å². The van der Waals surface area contributed by atoms with Crippen LogP contribution in [0.15, 0.2) is 42.5 Å². The normalized spacial score (nSPS) is 23.9.